The maximum atomic E-state index is 10.6. The molecule has 1 aliphatic heterocycles. The molecule has 0 aromatic carbocycles. The van der Waals surface area contributed by atoms with Gasteiger partial charge in [-0.25, -0.2) is 0 Å². The number of carboxylic acid groups (broad SMARTS) is 1. The van der Waals surface area contributed by atoms with Gasteiger partial charge in [-0.3, -0.25) is 4.79 Å². The molecular formula is C10H17NO2. The van der Waals surface area contributed by atoms with Gasteiger partial charge in [0, 0.05) is 12.6 Å². The van der Waals surface area contributed by atoms with Gasteiger partial charge in [0.25, 0.3) is 0 Å². The number of rotatable bonds is 2. The summed E-state index contributed by atoms with van der Waals surface area (Å²) in [6, 6.07) is 0.575. The molecule has 2 aliphatic rings. The summed E-state index contributed by atoms with van der Waals surface area (Å²) in [5.74, 6) is 0.147. The Morgan fingerprint density at radius 1 is 1.46 bits per heavy atom. The topological polar surface area (TPSA) is 40.5 Å². The van der Waals surface area contributed by atoms with E-state index in [1.165, 1.54) is 19.5 Å². The first-order valence-corrected chi connectivity index (χ1v) is 5.13. The van der Waals surface area contributed by atoms with Crippen LogP contribution in [0.5, 0.6) is 0 Å². The first kappa shape index (κ1) is 9.00. The molecule has 3 heteroatoms. The second kappa shape index (κ2) is 3.29. The van der Waals surface area contributed by atoms with Gasteiger partial charge < -0.3 is 10.0 Å². The number of hydrogen-bond donors (Lipinski definition) is 1. The minimum absolute atomic E-state index is 0.0547. The lowest BCUT2D eigenvalue weighted by Gasteiger charge is -2.39. The second-order valence-corrected chi connectivity index (χ2v) is 4.55. The van der Waals surface area contributed by atoms with E-state index in [-0.39, 0.29) is 5.92 Å². The Bertz CT molecular complexity index is 211. The van der Waals surface area contributed by atoms with E-state index in [2.05, 4.69) is 11.8 Å². The lowest BCUT2D eigenvalue weighted by molar-refractivity contribution is -0.146. The fourth-order valence-electron chi connectivity index (χ4n) is 2.39. The molecule has 1 atom stereocenters. The zero-order chi connectivity index (χ0) is 9.42. The van der Waals surface area contributed by atoms with Gasteiger partial charge in [-0.2, -0.15) is 0 Å². The van der Waals surface area contributed by atoms with Crippen LogP contribution in [0.1, 0.15) is 26.2 Å². The van der Waals surface area contributed by atoms with Gasteiger partial charge in [0.05, 0.1) is 5.92 Å². The number of nitrogens with zero attached hydrogens (tertiary/aromatic N) is 1. The molecule has 1 saturated carbocycles. The summed E-state index contributed by atoms with van der Waals surface area (Å²) in [7, 11) is 0. The average Bonchev–Trinajstić information content (AvgIpc) is 2.31. The standard InChI is InChI=1S/C10H17NO2/c1-7-2-3-11(6-7)9-4-8(5-9)10(12)13/h7-9H,2-6H2,1H3,(H,12,13). The summed E-state index contributed by atoms with van der Waals surface area (Å²) in [4.78, 5) is 13.1. The molecule has 0 aromatic heterocycles. The Morgan fingerprint density at radius 3 is 2.62 bits per heavy atom. The molecule has 2 rings (SSSR count). The van der Waals surface area contributed by atoms with Crippen LogP contribution in [0.15, 0.2) is 0 Å². The molecule has 1 N–H and O–H groups in total. The zero-order valence-corrected chi connectivity index (χ0v) is 8.07. The van der Waals surface area contributed by atoms with Crippen LogP contribution in [0.3, 0.4) is 0 Å². The van der Waals surface area contributed by atoms with E-state index in [1.807, 2.05) is 0 Å². The lowest BCUT2D eigenvalue weighted by atomic mass is 9.79. The Labute approximate surface area is 78.7 Å². The largest absolute Gasteiger partial charge is 0.481 e. The molecule has 2 fully saturated rings. The van der Waals surface area contributed by atoms with E-state index < -0.39 is 5.97 Å². The van der Waals surface area contributed by atoms with Crippen molar-refractivity contribution in [1.82, 2.24) is 4.90 Å². The first-order chi connectivity index (χ1) is 6.16. The van der Waals surface area contributed by atoms with Crippen LogP contribution < -0.4 is 0 Å². The number of hydrogen-bond acceptors (Lipinski definition) is 2. The summed E-state index contributed by atoms with van der Waals surface area (Å²) in [5, 5.41) is 8.73. The third-order valence-electron chi connectivity index (χ3n) is 3.43. The lowest BCUT2D eigenvalue weighted by Crippen LogP contribution is -2.45. The minimum atomic E-state index is -0.608. The average molecular weight is 183 g/mol. The maximum Gasteiger partial charge on any atom is 0.306 e. The molecular weight excluding hydrogens is 166 g/mol. The van der Waals surface area contributed by atoms with Gasteiger partial charge >= 0.3 is 5.97 Å². The van der Waals surface area contributed by atoms with E-state index in [0.717, 1.165) is 18.8 Å². The number of carbonyl (C=O) groups is 1. The third kappa shape index (κ3) is 1.70. The SMILES string of the molecule is CC1CCN(C2CC(C(=O)O)C2)C1. The highest BCUT2D eigenvalue weighted by molar-refractivity contribution is 5.71. The Balaban J connectivity index is 1.77. The van der Waals surface area contributed by atoms with Gasteiger partial charge in [-0.05, 0) is 31.7 Å². The van der Waals surface area contributed by atoms with Crippen molar-refractivity contribution in [1.29, 1.82) is 0 Å². The van der Waals surface area contributed by atoms with Crippen molar-refractivity contribution in [2.24, 2.45) is 11.8 Å². The fourth-order valence-corrected chi connectivity index (χ4v) is 2.39. The monoisotopic (exact) mass is 183 g/mol. The second-order valence-electron chi connectivity index (χ2n) is 4.55. The van der Waals surface area contributed by atoms with E-state index in [1.54, 1.807) is 0 Å². The van der Waals surface area contributed by atoms with E-state index in [9.17, 15) is 4.79 Å². The molecule has 0 radical (unpaired) electrons. The minimum Gasteiger partial charge on any atom is -0.481 e. The van der Waals surface area contributed by atoms with Crippen molar-refractivity contribution in [3.8, 4) is 0 Å². The molecule has 74 valence electrons. The van der Waals surface area contributed by atoms with Crippen molar-refractivity contribution in [3.05, 3.63) is 0 Å². The van der Waals surface area contributed by atoms with Crippen molar-refractivity contribution >= 4 is 5.97 Å². The molecule has 0 amide bonds. The van der Waals surface area contributed by atoms with Gasteiger partial charge in [-0.1, -0.05) is 6.92 Å². The van der Waals surface area contributed by atoms with Gasteiger partial charge in [0.15, 0.2) is 0 Å². The van der Waals surface area contributed by atoms with Crippen molar-refractivity contribution < 1.29 is 9.90 Å². The van der Waals surface area contributed by atoms with Crippen LogP contribution in [0.4, 0.5) is 0 Å². The Kier molecular flexibility index (Phi) is 2.28. The molecule has 0 bridgehead atoms. The summed E-state index contributed by atoms with van der Waals surface area (Å²) >= 11 is 0. The molecule has 3 nitrogen and oxygen atoms in total. The maximum absolute atomic E-state index is 10.6. The number of likely N-dealkylation sites (tertiary alicyclic amines) is 1. The summed E-state index contributed by atoms with van der Waals surface area (Å²) in [5.41, 5.74) is 0. The molecule has 13 heavy (non-hydrogen) atoms. The van der Waals surface area contributed by atoms with Gasteiger partial charge in [0.1, 0.15) is 0 Å². The highest BCUT2D eigenvalue weighted by Crippen LogP contribution is 2.34. The van der Waals surface area contributed by atoms with Crippen molar-refractivity contribution in [3.63, 3.8) is 0 Å². The van der Waals surface area contributed by atoms with Gasteiger partial charge in [0.2, 0.25) is 0 Å². The molecule has 1 aliphatic carbocycles. The van der Waals surface area contributed by atoms with E-state index >= 15 is 0 Å². The Hall–Kier alpha value is -0.570. The Morgan fingerprint density at radius 2 is 2.15 bits per heavy atom. The predicted octanol–water partition coefficient (Wildman–Crippen LogP) is 1.19. The molecule has 0 aromatic rings. The fraction of sp³-hybridized carbons (Fsp3) is 0.900. The summed E-state index contributed by atoms with van der Waals surface area (Å²) in [6.07, 6.45) is 3.04. The van der Waals surface area contributed by atoms with Crippen molar-refractivity contribution in [2.75, 3.05) is 13.1 Å². The van der Waals surface area contributed by atoms with Crippen LogP contribution in [0, 0.1) is 11.8 Å². The molecule has 1 unspecified atom stereocenters. The van der Waals surface area contributed by atoms with E-state index in [4.69, 9.17) is 5.11 Å². The molecule has 1 heterocycles. The van der Waals surface area contributed by atoms with Crippen LogP contribution in [0.25, 0.3) is 0 Å². The summed E-state index contributed by atoms with van der Waals surface area (Å²) in [6.45, 7) is 4.63. The van der Waals surface area contributed by atoms with Crippen LogP contribution >= 0.6 is 0 Å². The highest BCUT2D eigenvalue weighted by atomic mass is 16.4. The van der Waals surface area contributed by atoms with E-state index in [0.29, 0.717) is 6.04 Å². The molecule has 1 saturated heterocycles. The smallest absolute Gasteiger partial charge is 0.306 e. The zero-order valence-electron chi connectivity index (χ0n) is 8.07. The number of carboxylic acids is 1. The summed E-state index contributed by atoms with van der Waals surface area (Å²) < 4.78 is 0. The highest BCUT2D eigenvalue weighted by Gasteiger charge is 2.39. The quantitative estimate of drug-likeness (QED) is 0.699. The van der Waals surface area contributed by atoms with Crippen molar-refractivity contribution in [2.45, 2.75) is 32.2 Å². The third-order valence-corrected chi connectivity index (χ3v) is 3.43. The van der Waals surface area contributed by atoms with Crippen LogP contribution in [-0.4, -0.2) is 35.1 Å². The predicted molar refractivity (Wildman–Crippen MR) is 49.5 cm³/mol. The van der Waals surface area contributed by atoms with Gasteiger partial charge in [-0.15, -0.1) is 0 Å². The van der Waals surface area contributed by atoms with Crippen LogP contribution in [-0.2, 0) is 4.79 Å². The first-order valence-electron chi connectivity index (χ1n) is 5.13. The molecule has 0 spiro atoms. The number of aliphatic carboxylic acids is 1. The normalized spacial score (nSPS) is 40.2. The van der Waals surface area contributed by atoms with Crippen LogP contribution in [0.2, 0.25) is 0 Å².